The van der Waals surface area contributed by atoms with Crippen LogP contribution in [0, 0.1) is 0 Å². The number of aromatic nitrogens is 2. The molecule has 0 spiro atoms. The fourth-order valence-electron chi connectivity index (χ4n) is 4.25. The number of hydrogen-bond acceptors (Lipinski definition) is 9. The Bertz CT molecular complexity index is 1600. The van der Waals surface area contributed by atoms with Crippen LogP contribution in [-0.4, -0.2) is 63.7 Å². The number of nitrogens with zero attached hydrogens (tertiary/aromatic N) is 1. The normalized spacial score (nSPS) is 24.5. The molecule has 4 rings (SSSR count). The van der Waals surface area contributed by atoms with Gasteiger partial charge in [0.05, 0.1) is 12.7 Å². The summed E-state index contributed by atoms with van der Waals surface area (Å²) >= 11 is 0. The zero-order valence-electron chi connectivity index (χ0n) is 22.6. The van der Waals surface area contributed by atoms with Crippen molar-refractivity contribution < 1.29 is 46.2 Å². The van der Waals surface area contributed by atoms with Gasteiger partial charge in [-0.05, 0) is 43.7 Å². The summed E-state index contributed by atoms with van der Waals surface area (Å²) in [6.45, 7) is 2.96. The van der Waals surface area contributed by atoms with Gasteiger partial charge in [-0.1, -0.05) is 30.3 Å². The van der Waals surface area contributed by atoms with Gasteiger partial charge in [-0.25, -0.2) is 22.5 Å². The number of fused-ring (bicyclic) bond motifs is 1. The van der Waals surface area contributed by atoms with Crippen LogP contribution in [0.3, 0.4) is 0 Å². The van der Waals surface area contributed by atoms with Crippen LogP contribution in [0.25, 0.3) is 10.8 Å². The third-order valence-corrected chi connectivity index (χ3v) is 7.98. The zero-order chi connectivity index (χ0) is 30.8. The predicted octanol–water partition coefficient (Wildman–Crippen LogP) is 3.05. The first-order valence-corrected chi connectivity index (χ1v) is 14.3. The van der Waals surface area contributed by atoms with E-state index in [0.717, 1.165) is 17.6 Å². The van der Waals surface area contributed by atoms with Crippen LogP contribution in [0.1, 0.15) is 27.0 Å². The highest BCUT2D eigenvalue weighted by atomic mass is 31.2. The predicted molar refractivity (Wildman–Crippen MR) is 143 cm³/mol. The van der Waals surface area contributed by atoms with Crippen LogP contribution >= 0.6 is 7.75 Å². The highest BCUT2D eigenvalue weighted by molar-refractivity contribution is 7.52. The van der Waals surface area contributed by atoms with Gasteiger partial charge in [0.15, 0.2) is 18.0 Å². The maximum Gasteiger partial charge on any atom is 0.459 e. The van der Waals surface area contributed by atoms with Gasteiger partial charge in [0.1, 0.15) is 17.9 Å². The van der Waals surface area contributed by atoms with Crippen LogP contribution in [-0.2, 0) is 23.4 Å². The lowest BCUT2D eigenvalue weighted by molar-refractivity contribution is -0.183. The van der Waals surface area contributed by atoms with Crippen molar-refractivity contribution in [2.45, 2.75) is 63.4 Å². The summed E-state index contributed by atoms with van der Waals surface area (Å²) in [5.41, 5.74) is -5.23. The average molecular weight is 615 g/mol. The number of hydrogen-bond donors (Lipinski definition) is 3. The number of aliphatic hydroxyl groups excluding tert-OH is 1. The first kappa shape index (κ1) is 31.4. The fraction of sp³-hybridized carbons (Fsp3) is 0.423. The maximum atomic E-state index is 15.4. The molecule has 16 heteroatoms. The summed E-state index contributed by atoms with van der Waals surface area (Å²) in [6.07, 6.45) is -10.6. The molecule has 12 nitrogen and oxygen atoms in total. The Balaban J connectivity index is 1.65. The Morgan fingerprint density at radius 3 is 2.50 bits per heavy atom. The lowest BCUT2D eigenvalue weighted by Gasteiger charge is -2.31. The van der Waals surface area contributed by atoms with Gasteiger partial charge in [-0.15, -0.1) is 0 Å². The summed E-state index contributed by atoms with van der Waals surface area (Å²) in [5.74, 6) is -0.908. The maximum absolute atomic E-state index is 15.4. The third-order valence-electron chi connectivity index (χ3n) is 6.36. The monoisotopic (exact) mass is 615 g/mol. The summed E-state index contributed by atoms with van der Waals surface area (Å²) < 4.78 is 79.9. The number of rotatable bonds is 11. The SMILES string of the molecule is CC(C)OC(=O)[C@H](C)NP(=O)(OC[C@@]1(C(F)F)O[C@@H](n2ccc(=O)[nH]c2=O)[C@H](O)[C@@H]1F)Oc1ccc2ccccc2c1. The number of carbonyl (C=O) groups excluding carboxylic acids is 1. The van der Waals surface area contributed by atoms with Crippen molar-refractivity contribution in [3.05, 3.63) is 75.6 Å². The molecule has 6 atom stereocenters. The van der Waals surface area contributed by atoms with Gasteiger partial charge in [-0.2, -0.15) is 5.09 Å². The van der Waals surface area contributed by atoms with Crippen molar-refractivity contribution >= 4 is 24.5 Å². The summed E-state index contributed by atoms with van der Waals surface area (Å²) in [4.78, 5) is 37.9. The van der Waals surface area contributed by atoms with Gasteiger partial charge in [0, 0.05) is 12.3 Å². The van der Waals surface area contributed by atoms with E-state index in [9.17, 15) is 32.8 Å². The summed E-state index contributed by atoms with van der Waals surface area (Å²) in [6, 6.07) is 11.1. The number of benzene rings is 2. The molecule has 2 aromatic carbocycles. The number of H-pyrrole nitrogens is 1. The van der Waals surface area contributed by atoms with Gasteiger partial charge < -0.3 is 19.1 Å². The first-order chi connectivity index (χ1) is 19.7. The molecule has 0 aliphatic carbocycles. The van der Waals surface area contributed by atoms with Crippen molar-refractivity contribution in [1.29, 1.82) is 0 Å². The van der Waals surface area contributed by atoms with Crippen molar-refractivity contribution in [3.8, 4) is 5.75 Å². The van der Waals surface area contributed by atoms with E-state index in [-0.39, 0.29) is 5.75 Å². The Morgan fingerprint density at radius 1 is 1.17 bits per heavy atom. The molecule has 2 heterocycles. The van der Waals surface area contributed by atoms with Crippen molar-refractivity contribution in [3.63, 3.8) is 0 Å². The Morgan fingerprint density at radius 2 is 1.86 bits per heavy atom. The second-order valence-corrected chi connectivity index (χ2v) is 11.6. The number of nitrogens with one attached hydrogen (secondary N) is 2. The molecule has 1 aromatic heterocycles. The van der Waals surface area contributed by atoms with Gasteiger partial charge >= 0.3 is 19.4 Å². The Labute approximate surface area is 236 Å². The molecule has 0 amide bonds. The lowest BCUT2D eigenvalue weighted by Crippen LogP contribution is -2.51. The molecule has 3 N–H and O–H groups in total. The smallest absolute Gasteiger partial charge is 0.459 e. The highest BCUT2D eigenvalue weighted by Gasteiger charge is 2.63. The van der Waals surface area contributed by atoms with Crippen molar-refractivity contribution in [2.75, 3.05) is 6.61 Å². The van der Waals surface area contributed by atoms with E-state index in [1.165, 1.54) is 19.1 Å². The minimum atomic E-state index is -4.79. The van der Waals surface area contributed by atoms with Crippen LogP contribution in [0.5, 0.6) is 5.75 Å². The quantitative estimate of drug-likeness (QED) is 0.216. The average Bonchev–Trinajstić information content (AvgIpc) is 3.17. The standard InChI is InChI=1S/C26H29F3N3O9P/c1-14(2)39-23(35)15(3)31-42(37,41-18-9-8-16-6-4-5-7-17(16)12-18)38-13-26(24(28)29)21(27)20(34)22(40-26)32-11-10-19(33)30-25(32)36/h4-12,14-15,20-22,24,34H,13H2,1-3H3,(H,31,37)(H,30,33,36)/t15-,20+,21-,22+,26+,42?/m0/s1. The lowest BCUT2D eigenvalue weighted by atomic mass is 9.98. The molecule has 1 aliphatic rings. The van der Waals surface area contributed by atoms with E-state index >= 15 is 4.39 Å². The minimum Gasteiger partial charge on any atom is -0.462 e. The van der Waals surface area contributed by atoms with E-state index in [2.05, 4.69) is 5.09 Å². The number of alkyl halides is 3. The Hall–Kier alpha value is -3.49. The molecular formula is C26H29F3N3O9P. The van der Waals surface area contributed by atoms with E-state index in [1.54, 1.807) is 44.2 Å². The van der Waals surface area contributed by atoms with Gasteiger partial charge in [0.25, 0.3) is 12.0 Å². The topological polar surface area (TPSA) is 158 Å². The van der Waals surface area contributed by atoms with Crippen LogP contribution in [0.2, 0.25) is 0 Å². The zero-order valence-corrected chi connectivity index (χ0v) is 23.5. The molecule has 228 valence electrons. The number of halogens is 3. The number of carbonyl (C=O) groups is 1. The van der Waals surface area contributed by atoms with E-state index in [0.29, 0.717) is 9.95 Å². The molecular weight excluding hydrogens is 586 g/mol. The van der Waals surface area contributed by atoms with Crippen molar-refractivity contribution in [1.82, 2.24) is 14.6 Å². The number of aromatic amines is 1. The second kappa shape index (κ2) is 12.4. The molecule has 42 heavy (non-hydrogen) atoms. The summed E-state index contributed by atoms with van der Waals surface area (Å²) in [5, 5.41) is 14.2. The van der Waals surface area contributed by atoms with E-state index in [4.69, 9.17) is 18.5 Å². The van der Waals surface area contributed by atoms with E-state index < -0.39 is 74.2 Å². The van der Waals surface area contributed by atoms with E-state index in [1.807, 2.05) is 4.98 Å². The first-order valence-electron chi connectivity index (χ1n) is 12.8. The molecule has 1 saturated heterocycles. The highest BCUT2D eigenvalue weighted by Crippen LogP contribution is 2.50. The van der Waals surface area contributed by atoms with Crippen LogP contribution in [0.4, 0.5) is 13.2 Å². The molecule has 1 fully saturated rings. The fourth-order valence-corrected chi connectivity index (χ4v) is 5.78. The molecule has 0 saturated carbocycles. The van der Waals surface area contributed by atoms with Gasteiger partial charge in [0.2, 0.25) is 0 Å². The Kier molecular flexibility index (Phi) is 9.28. The number of ether oxygens (including phenoxy) is 2. The number of esters is 1. The second-order valence-electron chi connectivity index (χ2n) is 9.88. The summed E-state index contributed by atoms with van der Waals surface area (Å²) in [7, 11) is -4.79. The number of aliphatic hydroxyl groups is 1. The van der Waals surface area contributed by atoms with Gasteiger partial charge in [-0.3, -0.25) is 23.7 Å². The molecule has 1 aliphatic heterocycles. The molecule has 0 radical (unpaired) electrons. The third kappa shape index (κ3) is 6.60. The minimum absolute atomic E-state index is 0.0399. The molecule has 0 bridgehead atoms. The van der Waals surface area contributed by atoms with Crippen LogP contribution in [0.15, 0.2) is 64.3 Å². The molecule has 3 aromatic rings. The van der Waals surface area contributed by atoms with Crippen molar-refractivity contribution in [2.24, 2.45) is 0 Å². The van der Waals surface area contributed by atoms with Crippen LogP contribution < -0.4 is 20.9 Å². The largest absolute Gasteiger partial charge is 0.462 e. The molecule has 1 unspecified atom stereocenters.